The number of fused-ring (bicyclic) bond motifs is 1. The molecule has 0 aliphatic carbocycles. The second kappa shape index (κ2) is 2.57. The molecule has 0 radical (unpaired) electrons. The third kappa shape index (κ3) is 0.887. The van der Waals surface area contributed by atoms with Gasteiger partial charge in [-0.05, 0) is 23.7 Å². The highest BCUT2D eigenvalue weighted by Crippen LogP contribution is 2.14. The smallest absolute Gasteiger partial charge is 0.275 e. The van der Waals surface area contributed by atoms with Gasteiger partial charge in [-0.3, -0.25) is 9.59 Å². The maximum atomic E-state index is 11.3. The van der Waals surface area contributed by atoms with Crippen LogP contribution in [0.25, 0.3) is 10.1 Å². The van der Waals surface area contributed by atoms with Crippen LogP contribution in [-0.2, 0) is 4.79 Å². The zero-order valence-corrected chi connectivity index (χ0v) is 6.88. The summed E-state index contributed by atoms with van der Waals surface area (Å²) in [6, 6.07) is 7.16. The molecule has 0 N–H and O–H groups in total. The van der Waals surface area contributed by atoms with Crippen LogP contribution in [0.1, 0.15) is 0 Å². The van der Waals surface area contributed by atoms with Crippen molar-refractivity contribution in [2.75, 3.05) is 0 Å². The van der Waals surface area contributed by atoms with Crippen molar-refractivity contribution in [3.8, 4) is 0 Å². The molecule has 1 aromatic heterocycles. The molecule has 12 heavy (non-hydrogen) atoms. The van der Waals surface area contributed by atoms with E-state index in [0.29, 0.717) is 11.8 Å². The first-order valence-electron chi connectivity index (χ1n) is 3.39. The fourth-order valence-corrected chi connectivity index (χ4v) is 1.89. The molecule has 0 fully saturated rings. The minimum atomic E-state index is -0.231. The van der Waals surface area contributed by atoms with Gasteiger partial charge in [-0.2, -0.15) is 0 Å². The molecule has 3 nitrogen and oxygen atoms in total. The molecule has 0 atom stereocenters. The number of rotatable bonds is 1. The van der Waals surface area contributed by atoms with Gasteiger partial charge < -0.3 is 0 Å². The van der Waals surface area contributed by atoms with Crippen LogP contribution < -0.4 is 5.56 Å². The number of hydrogen-bond donors (Lipinski definition) is 0. The van der Waals surface area contributed by atoms with Crippen LogP contribution in [0.3, 0.4) is 0 Å². The molecule has 1 aromatic carbocycles. The Labute approximate surface area is 72.0 Å². The molecule has 2 rings (SSSR count). The largest absolute Gasteiger partial charge is 0.277 e. The highest BCUT2D eigenvalue weighted by atomic mass is 32.1. The highest BCUT2D eigenvalue weighted by Gasteiger charge is 2.03. The van der Waals surface area contributed by atoms with E-state index < -0.39 is 0 Å². The Morgan fingerprint density at radius 1 is 1.33 bits per heavy atom. The van der Waals surface area contributed by atoms with Crippen molar-refractivity contribution in [3.63, 3.8) is 0 Å². The molecule has 60 valence electrons. The summed E-state index contributed by atoms with van der Waals surface area (Å²) in [7, 11) is 0. The third-order valence-corrected chi connectivity index (χ3v) is 2.61. The zero-order valence-electron chi connectivity index (χ0n) is 6.06. The Morgan fingerprint density at radius 2 is 2.08 bits per heavy atom. The van der Waals surface area contributed by atoms with Crippen molar-refractivity contribution in [1.29, 1.82) is 0 Å². The van der Waals surface area contributed by atoms with Crippen molar-refractivity contribution < 1.29 is 4.79 Å². The van der Waals surface area contributed by atoms with Gasteiger partial charge >= 0.3 is 0 Å². The molecule has 4 heteroatoms. The monoisotopic (exact) mass is 179 g/mol. The lowest BCUT2D eigenvalue weighted by Crippen LogP contribution is -2.11. The summed E-state index contributed by atoms with van der Waals surface area (Å²) in [5.41, 5.74) is -0.231. The van der Waals surface area contributed by atoms with Crippen molar-refractivity contribution in [3.05, 3.63) is 34.6 Å². The Balaban J connectivity index is 2.97. The standard InChI is InChI=1S/C8H5NO2S/c10-5-9-8(11)6-3-1-2-4-7(6)12-9/h1-5H. The average molecular weight is 179 g/mol. The van der Waals surface area contributed by atoms with Gasteiger partial charge in [0.05, 0.1) is 10.1 Å². The quantitative estimate of drug-likeness (QED) is 0.615. The SMILES string of the molecule is O=Cn1sc2ccccc2c1=O. The summed E-state index contributed by atoms with van der Waals surface area (Å²) >= 11 is 1.16. The molecule has 0 saturated heterocycles. The lowest BCUT2D eigenvalue weighted by molar-refractivity contribution is 0.550. The topological polar surface area (TPSA) is 39.1 Å². The first-order chi connectivity index (χ1) is 5.83. The number of benzene rings is 1. The molecule has 2 aromatic rings. The molecule has 0 aliphatic heterocycles. The van der Waals surface area contributed by atoms with Crippen LogP contribution >= 0.6 is 11.5 Å². The predicted molar refractivity (Wildman–Crippen MR) is 48.2 cm³/mol. The summed E-state index contributed by atoms with van der Waals surface area (Å²) in [5, 5.41) is 0.606. The van der Waals surface area contributed by atoms with Crippen LogP contribution in [0, 0.1) is 0 Å². The molecule has 0 spiro atoms. The first kappa shape index (κ1) is 7.24. The second-order valence-corrected chi connectivity index (χ2v) is 3.34. The predicted octanol–water partition coefficient (Wildman–Crippen LogP) is 1.10. The number of carbonyl (C=O) groups is 1. The van der Waals surface area contributed by atoms with Crippen molar-refractivity contribution in [1.82, 2.24) is 3.96 Å². The minimum absolute atomic E-state index is 0.231. The van der Waals surface area contributed by atoms with Gasteiger partial charge in [0.2, 0.25) is 6.41 Å². The molecule has 0 amide bonds. The Morgan fingerprint density at radius 3 is 2.75 bits per heavy atom. The van der Waals surface area contributed by atoms with Gasteiger partial charge in [0.25, 0.3) is 5.56 Å². The van der Waals surface area contributed by atoms with E-state index in [9.17, 15) is 9.59 Å². The maximum Gasteiger partial charge on any atom is 0.275 e. The van der Waals surface area contributed by atoms with E-state index in [2.05, 4.69) is 0 Å². The zero-order chi connectivity index (χ0) is 8.55. The first-order valence-corrected chi connectivity index (χ1v) is 4.16. The number of hydrogen-bond acceptors (Lipinski definition) is 3. The van der Waals surface area contributed by atoms with Crippen LogP contribution in [0.5, 0.6) is 0 Å². The van der Waals surface area contributed by atoms with E-state index in [1.807, 2.05) is 12.1 Å². The summed E-state index contributed by atoms with van der Waals surface area (Å²) in [5.74, 6) is 0. The third-order valence-electron chi connectivity index (χ3n) is 1.61. The molecule has 0 unspecified atom stereocenters. The molecule has 0 bridgehead atoms. The van der Waals surface area contributed by atoms with Crippen molar-refractivity contribution in [2.45, 2.75) is 0 Å². The van der Waals surface area contributed by atoms with E-state index >= 15 is 0 Å². The number of aromatic nitrogens is 1. The normalized spacial score (nSPS) is 10.3. The summed E-state index contributed by atoms with van der Waals surface area (Å²) < 4.78 is 1.93. The lowest BCUT2D eigenvalue weighted by Gasteiger charge is -1.79. The summed E-state index contributed by atoms with van der Waals surface area (Å²) in [6.45, 7) is 0. The van der Waals surface area contributed by atoms with E-state index in [1.165, 1.54) is 0 Å². The molecular weight excluding hydrogens is 174 g/mol. The minimum Gasteiger partial charge on any atom is -0.277 e. The van der Waals surface area contributed by atoms with E-state index in [-0.39, 0.29) is 5.56 Å². The van der Waals surface area contributed by atoms with E-state index in [0.717, 1.165) is 20.2 Å². The Hall–Kier alpha value is -1.42. The molecular formula is C8H5NO2S. The Kier molecular flexibility index (Phi) is 1.55. The fourth-order valence-electron chi connectivity index (χ4n) is 1.06. The van der Waals surface area contributed by atoms with Gasteiger partial charge in [-0.15, -0.1) is 0 Å². The van der Waals surface area contributed by atoms with Crippen LogP contribution in [0.2, 0.25) is 0 Å². The van der Waals surface area contributed by atoms with Crippen LogP contribution in [0.4, 0.5) is 0 Å². The lowest BCUT2D eigenvalue weighted by atomic mass is 10.3. The van der Waals surface area contributed by atoms with E-state index in [1.54, 1.807) is 12.1 Å². The van der Waals surface area contributed by atoms with Gasteiger partial charge in [-0.25, -0.2) is 3.96 Å². The van der Waals surface area contributed by atoms with Gasteiger partial charge in [0, 0.05) is 0 Å². The highest BCUT2D eigenvalue weighted by molar-refractivity contribution is 7.14. The number of carbonyl (C=O) groups excluding carboxylic acids is 1. The average Bonchev–Trinajstić information content (AvgIpc) is 2.44. The van der Waals surface area contributed by atoms with E-state index in [4.69, 9.17) is 0 Å². The molecule has 0 aliphatic rings. The molecule has 1 heterocycles. The second-order valence-electron chi connectivity index (χ2n) is 2.32. The van der Waals surface area contributed by atoms with Gasteiger partial charge in [0.15, 0.2) is 0 Å². The van der Waals surface area contributed by atoms with Gasteiger partial charge in [0.1, 0.15) is 0 Å². The summed E-state index contributed by atoms with van der Waals surface area (Å²) in [6.07, 6.45) is 0.535. The maximum absolute atomic E-state index is 11.3. The van der Waals surface area contributed by atoms with Crippen LogP contribution in [-0.4, -0.2) is 10.4 Å². The fraction of sp³-hybridized carbons (Fsp3) is 0. The number of nitrogens with zero attached hydrogens (tertiary/aromatic N) is 1. The summed E-state index contributed by atoms with van der Waals surface area (Å²) in [4.78, 5) is 21.7. The van der Waals surface area contributed by atoms with Crippen LogP contribution in [0.15, 0.2) is 29.1 Å². The van der Waals surface area contributed by atoms with Crippen molar-refractivity contribution in [2.24, 2.45) is 0 Å². The van der Waals surface area contributed by atoms with Crippen molar-refractivity contribution >= 4 is 28.0 Å². The Bertz CT molecular complexity index is 483. The molecule has 0 saturated carbocycles. The van der Waals surface area contributed by atoms with Gasteiger partial charge in [-0.1, -0.05) is 12.1 Å².